The van der Waals surface area contributed by atoms with Gasteiger partial charge in [0.25, 0.3) is 5.91 Å². The lowest BCUT2D eigenvalue weighted by Gasteiger charge is -2.22. The van der Waals surface area contributed by atoms with Crippen molar-refractivity contribution in [1.82, 2.24) is 4.98 Å². The SMILES string of the molecule is CCOc1ccc(C2c3c(oc4cc(C)c(C)cc4c3=O)C(=O)N2c2nc(C)c(C)s2)cc1. The van der Waals surface area contributed by atoms with Crippen LogP contribution >= 0.6 is 11.3 Å². The summed E-state index contributed by atoms with van der Waals surface area (Å²) in [5, 5.41) is 1.03. The third-order valence-corrected chi connectivity index (χ3v) is 7.29. The fourth-order valence-corrected chi connectivity index (χ4v) is 5.15. The van der Waals surface area contributed by atoms with Gasteiger partial charge in [0.2, 0.25) is 5.76 Å². The van der Waals surface area contributed by atoms with Gasteiger partial charge in [-0.15, -0.1) is 11.3 Å². The van der Waals surface area contributed by atoms with E-state index in [0.29, 0.717) is 28.3 Å². The maximum absolute atomic E-state index is 13.8. The van der Waals surface area contributed by atoms with Crippen molar-refractivity contribution in [3.63, 3.8) is 0 Å². The highest BCUT2D eigenvalue weighted by Crippen LogP contribution is 2.43. The zero-order valence-electron chi connectivity index (χ0n) is 19.2. The monoisotopic (exact) mass is 460 g/mol. The maximum Gasteiger partial charge on any atom is 0.297 e. The zero-order valence-corrected chi connectivity index (χ0v) is 20.0. The Hall–Kier alpha value is -3.45. The Morgan fingerprint density at radius 3 is 2.39 bits per heavy atom. The molecule has 1 unspecified atom stereocenters. The van der Waals surface area contributed by atoms with Crippen LogP contribution in [-0.4, -0.2) is 17.5 Å². The number of hydrogen-bond donors (Lipinski definition) is 0. The topological polar surface area (TPSA) is 72.6 Å². The van der Waals surface area contributed by atoms with E-state index < -0.39 is 6.04 Å². The van der Waals surface area contributed by atoms with Gasteiger partial charge >= 0.3 is 0 Å². The molecular formula is C26H24N2O4S. The Morgan fingerprint density at radius 2 is 1.76 bits per heavy atom. The molecule has 1 atom stereocenters. The molecule has 0 N–H and O–H groups in total. The zero-order chi connectivity index (χ0) is 23.4. The second-order valence-corrected chi connectivity index (χ2v) is 9.51. The van der Waals surface area contributed by atoms with Crippen molar-refractivity contribution in [1.29, 1.82) is 0 Å². The van der Waals surface area contributed by atoms with E-state index in [1.807, 2.05) is 71.0 Å². The van der Waals surface area contributed by atoms with Crippen LogP contribution in [0.3, 0.4) is 0 Å². The first-order valence-electron chi connectivity index (χ1n) is 10.9. The average Bonchev–Trinajstić information content (AvgIpc) is 3.27. The van der Waals surface area contributed by atoms with Gasteiger partial charge in [-0.2, -0.15) is 0 Å². The van der Waals surface area contributed by atoms with E-state index in [9.17, 15) is 9.59 Å². The molecule has 2 aromatic heterocycles. The van der Waals surface area contributed by atoms with Gasteiger partial charge in [0.15, 0.2) is 10.6 Å². The van der Waals surface area contributed by atoms with E-state index >= 15 is 0 Å². The molecule has 0 radical (unpaired) electrons. The van der Waals surface area contributed by atoms with E-state index in [-0.39, 0.29) is 17.1 Å². The summed E-state index contributed by atoms with van der Waals surface area (Å²) < 4.78 is 11.7. The molecule has 0 saturated carbocycles. The number of thiazole rings is 1. The first-order valence-corrected chi connectivity index (χ1v) is 11.7. The standard InChI is InChI=1S/C26H24N2O4S/c1-6-31-18-9-7-17(8-10-18)22-21-23(29)19-11-13(2)14(3)12-20(19)32-24(21)25(30)28(22)26-27-15(4)16(5)33-26/h7-12,22H,6H2,1-5H3. The Kier molecular flexibility index (Phi) is 5.09. The van der Waals surface area contributed by atoms with Crippen LogP contribution in [0.15, 0.2) is 45.6 Å². The van der Waals surface area contributed by atoms with Crippen molar-refractivity contribution in [2.24, 2.45) is 0 Å². The second-order valence-electron chi connectivity index (χ2n) is 8.32. The van der Waals surface area contributed by atoms with Gasteiger partial charge in [0.05, 0.1) is 29.3 Å². The minimum atomic E-state index is -0.629. The molecule has 0 fully saturated rings. The van der Waals surface area contributed by atoms with Crippen molar-refractivity contribution in [2.45, 2.75) is 40.7 Å². The van der Waals surface area contributed by atoms with Gasteiger partial charge in [-0.05, 0) is 75.6 Å². The molecule has 5 rings (SSSR count). The number of benzene rings is 2. The number of anilines is 1. The number of hydrogen-bond acceptors (Lipinski definition) is 6. The van der Waals surface area contributed by atoms with Gasteiger partial charge in [0.1, 0.15) is 11.3 Å². The fraction of sp³-hybridized carbons (Fsp3) is 0.269. The number of aromatic nitrogens is 1. The fourth-order valence-electron chi connectivity index (χ4n) is 4.21. The van der Waals surface area contributed by atoms with Gasteiger partial charge in [0, 0.05) is 4.88 Å². The number of nitrogens with zero attached hydrogens (tertiary/aromatic N) is 2. The smallest absolute Gasteiger partial charge is 0.297 e. The number of amides is 1. The number of fused-ring (bicyclic) bond motifs is 2. The summed E-state index contributed by atoms with van der Waals surface area (Å²) in [7, 11) is 0. The molecule has 4 aromatic rings. The van der Waals surface area contributed by atoms with E-state index in [4.69, 9.17) is 9.15 Å². The van der Waals surface area contributed by atoms with Crippen LogP contribution in [0.2, 0.25) is 0 Å². The molecular weight excluding hydrogens is 436 g/mol. The first kappa shape index (κ1) is 21.4. The summed E-state index contributed by atoms with van der Waals surface area (Å²) in [6.07, 6.45) is 0. The van der Waals surface area contributed by atoms with Crippen LogP contribution in [-0.2, 0) is 0 Å². The van der Waals surface area contributed by atoms with Gasteiger partial charge < -0.3 is 9.15 Å². The molecule has 3 heterocycles. The average molecular weight is 461 g/mol. The molecule has 7 heteroatoms. The normalized spacial score (nSPS) is 15.4. The van der Waals surface area contributed by atoms with Crippen LogP contribution in [0.1, 0.15) is 56.3 Å². The summed E-state index contributed by atoms with van der Waals surface area (Å²) in [5.74, 6) is 0.463. The predicted octanol–water partition coefficient (Wildman–Crippen LogP) is 5.63. The first-order chi connectivity index (χ1) is 15.8. The summed E-state index contributed by atoms with van der Waals surface area (Å²) in [6.45, 7) is 10.3. The summed E-state index contributed by atoms with van der Waals surface area (Å²) in [4.78, 5) is 34.7. The highest BCUT2D eigenvalue weighted by molar-refractivity contribution is 7.15. The van der Waals surface area contributed by atoms with Crippen molar-refractivity contribution in [3.05, 3.63) is 85.2 Å². The van der Waals surface area contributed by atoms with Crippen molar-refractivity contribution >= 4 is 33.3 Å². The van der Waals surface area contributed by atoms with Gasteiger partial charge in [-0.25, -0.2) is 4.98 Å². The second kappa shape index (κ2) is 7.85. The number of carbonyl (C=O) groups is 1. The maximum atomic E-state index is 13.8. The Labute approximate surface area is 195 Å². The van der Waals surface area contributed by atoms with Crippen LogP contribution in [0.5, 0.6) is 5.75 Å². The Bertz CT molecular complexity index is 1450. The van der Waals surface area contributed by atoms with Gasteiger partial charge in [-0.1, -0.05) is 12.1 Å². The Balaban J connectivity index is 1.78. The van der Waals surface area contributed by atoms with E-state index in [0.717, 1.165) is 33.0 Å². The minimum absolute atomic E-state index is 0.0835. The number of rotatable bonds is 4. The number of carbonyl (C=O) groups excluding carboxylic acids is 1. The molecule has 1 amide bonds. The molecule has 168 valence electrons. The molecule has 2 aromatic carbocycles. The summed E-state index contributed by atoms with van der Waals surface area (Å²) in [5.41, 5.74) is 4.25. The summed E-state index contributed by atoms with van der Waals surface area (Å²) >= 11 is 1.44. The molecule has 0 aliphatic carbocycles. The van der Waals surface area contributed by atoms with Gasteiger partial charge in [-0.3, -0.25) is 14.5 Å². The lowest BCUT2D eigenvalue weighted by Crippen LogP contribution is -2.29. The van der Waals surface area contributed by atoms with Crippen molar-refractivity contribution < 1.29 is 13.9 Å². The van der Waals surface area contributed by atoms with Crippen molar-refractivity contribution in [2.75, 3.05) is 11.5 Å². The highest BCUT2D eigenvalue weighted by Gasteiger charge is 2.45. The van der Waals surface area contributed by atoms with Crippen LogP contribution in [0.25, 0.3) is 11.0 Å². The summed E-state index contributed by atoms with van der Waals surface area (Å²) in [6, 6.07) is 10.5. The third-order valence-electron chi connectivity index (χ3n) is 6.22. The molecule has 0 spiro atoms. The minimum Gasteiger partial charge on any atom is -0.494 e. The molecule has 0 saturated heterocycles. The Morgan fingerprint density at radius 1 is 1.06 bits per heavy atom. The predicted molar refractivity (Wildman–Crippen MR) is 130 cm³/mol. The largest absolute Gasteiger partial charge is 0.494 e. The van der Waals surface area contributed by atoms with Crippen LogP contribution in [0.4, 0.5) is 5.13 Å². The number of aryl methyl sites for hydroxylation is 4. The number of ether oxygens (including phenoxy) is 1. The third kappa shape index (κ3) is 3.35. The van der Waals surface area contributed by atoms with E-state index in [1.54, 1.807) is 4.90 Å². The molecule has 1 aliphatic heterocycles. The molecule has 1 aliphatic rings. The van der Waals surface area contributed by atoms with E-state index in [2.05, 4.69) is 4.98 Å². The lowest BCUT2D eigenvalue weighted by molar-refractivity contribution is 0.0971. The van der Waals surface area contributed by atoms with E-state index in [1.165, 1.54) is 11.3 Å². The molecule has 0 bridgehead atoms. The molecule has 33 heavy (non-hydrogen) atoms. The quantitative estimate of drug-likeness (QED) is 0.395. The molecule has 6 nitrogen and oxygen atoms in total. The highest BCUT2D eigenvalue weighted by atomic mass is 32.1. The van der Waals surface area contributed by atoms with Crippen molar-refractivity contribution in [3.8, 4) is 5.75 Å². The van der Waals surface area contributed by atoms with Crippen LogP contribution in [0, 0.1) is 27.7 Å². The van der Waals surface area contributed by atoms with Crippen LogP contribution < -0.4 is 15.1 Å². The lowest BCUT2D eigenvalue weighted by atomic mass is 9.97.